The summed E-state index contributed by atoms with van der Waals surface area (Å²) in [5, 5.41) is -5.44. The zero-order chi connectivity index (χ0) is 35.6. The van der Waals surface area contributed by atoms with Crippen LogP contribution < -0.4 is 5.32 Å². The van der Waals surface area contributed by atoms with Gasteiger partial charge >= 0.3 is 58.8 Å². The van der Waals surface area contributed by atoms with E-state index in [2.05, 4.69) is 17.9 Å². The minimum atomic E-state index is -9.36. The van der Waals surface area contributed by atoms with E-state index in [9.17, 15) is 101 Å². The van der Waals surface area contributed by atoms with Crippen molar-refractivity contribution in [1.29, 1.82) is 0 Å². The highest BCUT2D eigenvalue weighted by Crippen LogP contribution is 2.66. The number of anilines is 1. The minimum Gasteiger partial charge on any atom is -0.384 e. The van der Waals surface area contributed by atoms with Crippen molar-refractivity contribution in [3.8, 4) is 0 Å². The highest BCUT2D eigenvalue weighted by atomic mass is 32.2. The van der Waals surface area contributed by atoms with E-state index in [1.165, 1.54) is 0 Å². The van der Waals surface area contributed by atoms with Gasteiger partial charge in [0.2, 0.25) is 9.84 Å². The molecule has 0 aliphatic rings. The summed E-state index contributed by atoms with van der Waals surface area (Å²) >= 11 is 3.70. The summed E-state index contributed by atoms with van der Waals surface area (Å²) in [4.78, 5) is -2.18. The molecule has 3 nitrogen and oxygen atoms in total. The third-order valence-electron chi connectivity index (χ3n) is 5.42. The molecule has 0 aromatic heterocycles. The normalized spacial score (nSPS) is 15.9. The fourth-order valence-electron chi connectivity index (χ4n) is 2.81. The van der Waals surface area contributed by atoms with Gasteiger partial charge in [-0.2, -0.15) is 105 Å². The van der Waals surface area contributed by atoms with E-state index in [1.54, 1.807) is 0 Å². The van der Waals surface area contributed by atoms with Gasteiger partial charge in [-0.1, -0.05) is 0 Å². The number of hydrogen-bond acceptors (Lipinski definition) is 4. The van der Waals surface area contributed by atoms with Crippen molar-refractivity contribution in [2.75, 3.05) is 17.6 Å². The van der Waals surface area contributed by atoms with Crippen LogP contribution in [0, 0.1) is 0 Å². The molecule has 258 valence electrons. The Hall–Kier alpha value is -2.15. The van der Waals surface area contributed by atoms with Crippen LogP contribution in [0.4, 0.5) is 97.9 Å². The second-order valence-corrected chi connectivity index (χ2v) is 10.7. The number of alkyl halides is 21. The number of nitrogens with one attached hydrogen (secondary N) is 1. The Kier molecular flexibility index (Phi) is 9.95. The van der Waals surface area contributed by atoms with Crippen molar-refractivity contribution >= 4 is 28.2 Å². The van der Waals surface area contributed by atoms with Gasteiger partial charge in [0.25, 0.3) is 0 Å². The highest BCUT2D eigenvalue weighted by Gasteiger charge is 2.98. The lowest BCUT2D eigenvalue weighted by Crippen LogP contribution is -2.77. The fourth-order valence-corrected chi connectivity index (χ4v) is 4.18. The number of hydrogen-bond donors (Lipinski definition) is 2. The summed E-state index contributed by atoms with van der Waals surface area (Å²) in [6, 6.07) is 0.654. The van der Waals surface area contributed by atoms with Gasteiger partial charge in [0, 0.05) is 18.0 Å². The second kappa shape index (κ2) is 11.0. The van der Waals surface area contributed by atoms with E-state index < -0.39 is 73.5 Å². The van der Waals surface area contributed by atoms with Gasteiger partial charge in [0.15, 0.2) is 0 Å². The van der Waals surface area contributed by atoms with Crippen LogP contribution >= 0.6 is 12.6 Å². The maximum Gasteiger partial charge on any atom is 0.460 e. The number of benzene rings is 1. The zero-order valence-corrected chi connectivity index (χ0v) is 21.5. The number of halogens is 21. The Bertz CT molecular complexity index is 1290. The lowest BCUT2D eigenvalue weighted by Gasteiger charge is -2.44. The zero-order valence-electron chi connectivity index (χ0n) is 19.8. The van der Waals surface area contributed by atoms with E-state index in [0.717, 1.165) is 0 Å². The van der Waals surface area contributed by atoms with Crippen LogP contribution in [-0.2, 0) is 9.84 Å². The highest BCUT2D eigenvalue weighted by molar-refractivity contribution is 7.92. The number of rotatable bonds is 13. The van der Waals surface area contributed by atoms with Crippen LogP contribution in [0.2, 0.25) is 0 Å². The largest absolute Gasteiger partial charge is 0.460 e. The summed E-state index contributed by atoms with van der Waals surface area (Å²) in [5.74, 6) is -72.3. The van der Waals surface area contributed by atoms with Gasteiger partial charge in [-0.25, -0.2) is 8.42 Å². The molecule has 0 radical (unpaired) electrons. The van der Waals surface area contributed by atoms with Crippen molar-refractivity contribution in [1.82, 2.24) is 0 Å². The molecule has 0 unspecified atom stereocenters. The fraction of sp³-hybridized carbons (Fsp3) is 0.667. The first-order chi connectivity index (χ1) is 19.0. The third-order valence-corrected chi connectivity index (χ3v) is 7.47. The maximum absolute atomic E-state index is 14.3. The molecular formula is C18H10F21NO2S2. The topological polar surface area (TPSA) is 46.2 Å². The molecule has 44 heavy (non-hydrogen) atoms. The average Bonchev–Trinajstić information content (AvgIpc) is 2.85. The van der Waals surface area contributed by atoms with Gasteiger partial charge in [-0.3, -0.25) is 0 Å². The van der Waals surface area contributed by atoms with E-state index in [1.807, 2.05) is 0 Å². The van der Waals surface area contributed by atoms with E-state index in [-0.39, 0.29) is 30.1 Å². The quantitative estimate of drug-likeness (QED) is 0.159. The molecule has 0 spiro atoms. The van der Waals surface area contributed by atoms with Crippen LogP contribution in [0.15, 0.2) is 29.2 Å². The molecule has 1 aromatic carbocycles. The van der Waals surface area contributed by atoms with Crippen LogP contribution in [0.25, 0.3) is 0 Å². The summed E-state index contributed by atoms with van der Waals surface area (Å²) in [5.41, 5.74) is -0.236. The lowest BCUT2D eigenvalue weighted by molar-refractivity contribution is -0.472. The lowest BCUT2D eigenvalue weighted by atomic mass is 9.87. The summed E-state index contributed by atoms with van der Waals surface area (Å²) in [6.07, 6.45) is -8.08. The van der Waals surface area contributed by atoms with Crippen molar-refractivity contribution in [2.45, 2.75) is 63.7 Å². The molecule has 0 fully saturated rings. The monoisotopic (exact) mass is 735 g/mol. The van der Waals surface area contributed by atoms with E-state index >= 15 is 0 Å². The molecule has 0 heterocycles. The van der Waals surface area contributed by atoms with Crippen molar-refractivity contribution in [3.05, 3.63) is 24.3 Å². The second-order valence-electron chi connectivity index (χ2n) is 8.29. The average molecular weight is 735 g/mol. The molecule has 0 saturated heterocycles. The van der Waals surface area contributed by atoms with Crippen molar-refractivity contribution in [2.24, 2.45) is 0 Å². The van der Waals surface area contributed by atoms with E-state index in [4.69, 9.17) is 0 Å². The summed E-state index contributed by atoms with van der Waals surface area (Å²) in [6.45, 7) is -0.0532. The minimum absolute atomic E-state index is 0.0473. The van der Waals surface area contributed by atoms with Gasteiger partial charge in [-0.15, -0.1) is 0 Å². The van der Waals surface area contributed by atoms with Crippen molar-refractivity contribution < 1.29 is 101 Å². The van der Waals surface area contributed by atoms with Crippen LogP contribution in [0.5, 0.6) is 0 Å². The molecular weight excluding hydrogens is 725 g/mol. The molecule has 0 amide bonds. The molecule has 1 rings (SSSR count). The van der Waals surface area contributed by atoms with Crippen LogP contribution in [-0.4, -0.2) is 79.5 Å². The first-order valence-corrected chi connectivity index (χ1v) is 12.3. The SMILES string of the molecule is O=S(=O)(c1ccc(NCCS)cc1)C(F)(F)C(F)(F)C(F)(F)C(F)(F)C(F)(F)C(F)(F)C(F)(F)C(F)(F)C(F)(F)C(F)(F)F. The van der Waals surface area contributed by atoms with E-state index in [0.29, 0.717) is 12.1 Å². The number of thiol groups is 1. The van der Waals surface area contributed by atoms with Crippen molar-refractivity contribution in [3.63, 3.8) is 0 Å². The maximum atomic E-state index is 14.3. The predicted molar refractivity (Wildman–Crippen MR) is 107 cm³/mol. The Morgan fingerprint density at radius 2 is 0.795 bits per heavy atom. The van der Waals surface area contributed by atoms with Gasteiger partial charge in [0.05, 0.1) is 4.90 Å². The standard InChI is InChI=1S/C18H10F21NO2S2/c19-9(20,11(23,24)13(27,28)15(31,32)17(35,36)37)10(21,22)12(25,26)14(29,30)16(33,34)18(38,39)44(41,42)8-3-1-7(2-4-8)40-5-6-43/h1-4,40,43H,5-6H2. The Balaban J connectivity index is 3.82. The Morgan fingerprint density at radius 1 is 0.500 bits per heavy atom. The molecule has 0 saturated carbocycles. The van der Waals surface area contributed by atoms with Gasteiger partial charge in [-0.05, 0) is 24.3 Å². The first kappa shape index (κ1) is 39.9. The summed E-state index contributed by atoms with van der Waals surface area (Å²) in [7, 11) is -7.51. The van der Waals surface area contributed by atoms with Gasteiger partial charge in [0.1, 0.15) is 0 Å². The third kappa shape index (κ3) is 5.17. The molecule has 1 aromatic rings. The smallest absolute Gasteiger partial charge is 0.384 e. The molecule has 26 heteroatoms. The van der Waals surface area contributed by atoms with Crippen LogP contribution in [0.3, 0.4) is 0 Å². The molecule has 0 atom stereocenters. The Labute approximate surface area is 235 Å². The Morgan fingerprint density at radius 3 is 1.09 bits per heavy atom. The predicted octanol–water partition coefficient (Wildman–Crippen LogP) is 8.04. The molecule has 0 aliphatic heterocycles. The first-order valence-electron chi connectivity index (χ1n) is 10.2. The number of sulfone groups is 1. The summed E-state index contributed by atoms with van der Waals surface area (Å²) < 4.78 is 307. The molecule has 0 bridgehead atoms. The molecule has 0 aliphatic carbocycles. The molecule has 1 N–H and O–H groups in total. The van der Waals surface area contributed by atoms with Gasteiger partial charge < -0.3 is 5.32 Å². The van der Waals surface area contributed by atoms with Crippen LogP contribution in [0.1, 0.15) is 0 Å².